The Hall–Kier alpha value is -3.86. The van der Waals surface area contributed by atoms with Gasteiger partial charge in [0.05, 0.1) is 34.4 Å². The van der Waals surface area contributed by atoms with Gasteiger partial charge >= 0.3 is 12.0 Å². The molecule has 4 heterocycles. The fourth-order valence-corrected chi connectivity index (χ4v) is 7.63. The summed E-state index contributed by atoms with van der Waals surface area (Å²) in [6.45, 7) is 1.40. The highest BCUT2D eigenvalue weighted by molar-refractivity contribution is 7.23. The van der Waals surface area contributed by atoms with Crippen molar-refractivity contribution in [3.8, 4) is 23.2 Å². The molecular formula is C30H28ClF3N6O3S. The van der Waals surface area contributed by atoms with Crippen molar-refractivity contribution in [2.45, 2.75) is 37.4 Å². The van der Waals surface area contributed by atoms with Gasteiger partial charge in [-0.25, -0.2) is 13.2 Å². The number of anilines is 2. The molecule has 2 saturated heterocycles. The van der Waals surface area contributed by atoms with E-state index in [9.17, 15) is 18.8 Å². The molecule has 0 unspecified atom stereocenters. The molecular weight excluding hydrogens is 617 g/mol. The Bertz CT molecular complexity index is 1850. The standard InChI is InChI=1S/C30H28ClF3N6O3S/c1-39(9-6-21(41)42-2)28-17-10-19(31)23(16-4-5-20(33)26-22(16)18(12-35)27(36)44-26)24(34)25(17)37-29(38-28)43-14-30-7-3-8-40(30)13-15(32)11-30/h4-5,10,15H,3,6-9,11,13-14,36H2,1-2H3/t15-,30+/m1/s1. The van der Waals surface area contributed by atoms with Gasteiger partial charge in [-0.05, 0) is 37.1 Å². The van der Waals surface area contributed by atoms with Crippen molar-refractivity contribution in [1.29, 1.82) is 5.26 Å². The van der Waals surface area contributed by atoms with Crippen molar-refractivity contribution in [1.82, 2.24) is 14.9 Å². The number of carbonyl (C=O) groups excluding carboxylic acids is 1. The van der Waals surface area contributed by atoms with Crippen LogP contribution in [0.1, 0.15) is 31.2 Å². The lowest BCUT2D eigenvalue weighted by atomic mass is 9.95. The topological polar surface area (TPSA) is 118 Å². The van der Waals surface area contributed by atoms with E-state index in [-0.39, 0.29) is 79.1 Å². The van der Waals surface area contributed by atoms with Crippen LogP contribution in [0.5, 0.6) is 6.01 Å². The van der Waals surface area contributed by atoms with Crippen molar-refractivity contribution < 1.29 is 27.4 Å². The molecule has 2 fully saturated rings. The van der Waals surface area contributed by atoms with Crippen LogP contribution in [-0.4, -0.2) is 72.9 Å². The number of rotatable bonds is 8. The molecule has 0 bridgehead atoms. The van der Waals surface area contributed by atoms with Crippen molar-refractivity contribution in [2.24, 2.45) is 0 Å². The third-order valence-electron chi connectivity index (χ3n) is 8.51. The number of esters is 1. The number of aromatic nitrogens is 2. The monoisotopic (exact) mass is 644 g/mol. The largest absolute Gasteiger partial charge is 0.469 e. The molecule has 2 N–H and O–H groups in total. The van der Waals surface area contributed by atoms with Crippen LogP contribution in [0.3, 0.4) is 0 Å². The summed E-state index contributed by atoms with van der Waals surface area (Å²) in [5.41, 5.74) is 5.48. The number of nitriles is 1. The van der Waals surface area contributed by atoms with Crippen LogP contribution in [0.15, 0.2) is 18.2 Å². The Morgan fingerprint density at radius 1 is 1.36 bits per heavy atom. The summed E-state index contributed by atoms with van der Waals surface area (Å²) in [7, 11) is 2.96. The van der Waals surface area contributed by atoms with E-state index in [0.717, 1.165) is 30.7 Å². The lowest BCUT2D eigenvalue weighted by Gasteiger charge is -2.31. The quantitative estimate of drug-likeness (QED) is 0.236. The number of nitrogens with zero attached hydrogens (tertiary/aromatic N) is 5. The third kappa shape index (κ3) is 5.04. The maximum Gasteiger partial charge on any atom is 0.319 e. The van der Waals surface area contributed by atoms with Gasteiger partial charge in [-0.2, -0.15) is 15.2 Å². The summed E-state index contributed by atoms with van der Waals surface area (Å²) < 4.78 is 56.8. The van der Waals surface area contributed by atoms with E-state index in [1.807, 2.05) is 6.07 Å². The molecule has 44 heavy (non-hydrogen) atoms. The predicted molar refractivity (Wildman–Crippen MR) is 163 cm³/mol. The third-order valence-corrected chi connectivity index (χ3v) is 9.84. The second-order valence-corrected chi connectivity index (χ2v) is 12.6. The Morgan fingerprint density at radius 3 is 2.91 bits per heavy atom. The van der Waals surface area contributed by atoms with Crippen molar-refractivity contribution in [2.75, 3.05) is 51.0 Å². The minimum Gasteiger partial charge on any atom is -0.469 e. The van der Waals surface area contributed by atoms with Crippen molar-refractivity contribution in [3.05, 3.63) is 40.4 Å². The van der Waals surface area contributed by atoms with E-state index >= 15 is 4.39 Å². The first-order valence-electron chi connectivity index (χ1n) is 14.0. The molecule has 6 rings (SSSR count). The zero-order chi connectivity index (χ0) is 31.3. The predicted octanol–water partition coefficient (Wildman–Crippen LogP) is 5.85. The Morgan fingerprint density at radius 2 is 2.16 bits per heavy atom. The number of halogens is 4. The highest BCUT2D eigenvalue weighted by atomic mass is 35.5. The summed E-state index contributed by atoms with van der Waals surface area (Å²) in [5, 5.41) is 10.2. The van der Waals surface area contributed by atoms with Crippen LogP contribution < -0.4 is 15.4 Å². The van der Waals surface area contributed by atoms with E-state index in [0.29, 0.717) is 13.0 Å². The van der Waals surface area contributed by atoms with Gasteiger partial charge in [0.2, 0.25) is 0 Å². The first-order chi connectivity index (χ1) is 21.1. The number of nitrogen functional groups attached to an aromatic ring is 1. The van der Waals surface area contributed by atoms with Crippen LogP contribution in [0.2, 0.25) is 5.02 Å². The first kappa shape index (κ1) is 30.2. The molecule has 0 radical (unpaired) electrons. The fourth-order valence-electron chi connectivity index (χ4n) is 6.39. The van der Waals surface area contributed by atoms with Crippen LogP contribution in [0, 0.1) is 23.0 Å². The highest BCUT2D eigenvalue weighted by Gasteiger charge is 2.49. The number of alkyl halides is 1. The number of benzene rings is 2. The average Bonchev–Trinajstić information content (AvgIpc) is 3.64. The maximum absolute atomic E-state index is 16.7. The smallest absolute Gasteiger partial charge is 0.319 e. The lowest BCUT2D eigenvalue weighted by Crippen LogP contribution is -2.43. The van der Waals surface area contributed by atoms with E-state index in [4.69, 9.17) is 26.8 Å². The van der Waals surface area contributed by atoms with Gasteiger partial charge in [0.25, 0.3) is 0 Å². The molecule has 2 aliphatic rings. The summed E-state index contributed by atoms with van der Waals surface area (Å²) in [6.07, 6.45) is 1.06. The Kier molecular flexibility index (Phi) is 7.94. The van der Waals surface area contributed by atoms with Crippen molar-refractivity contribution in [3.63, 3.8) is 0 Å². The summed E-state index contributed by atoms with van der Waals surface area (Å²) >= 11 is 7.60. The van der Waals surface area contributed by atoms with Gasteiger partial charge < -0.3 is 20.1 Å². The molecule has 2 aromatic heterocycles. The molecule has 2 aliphatic heterocycles. The average molecular weight is 645 g/mol. The molecule has 0 saturated carbocycles. The normalized spacial score (nSPS) is 19.8. The van der Waals surface area contributed by atoms with Crippen molar-refractivity contribution >= 4 is 60.7 Å². The molecule has 14 heteroatoms. The second kappa shape index (κ2) is 11.6. The number of carbonyl (C=O) groups is 1. The Balaban J connectivity index is 1.50. The molecule has 4 aromatic rings. The van der Waals surface area contributed by atoms with Gasteiger partial charge in [0.1, 0.15) is 41.0 Å². The van der Waals surface area contributed by atoms with Crippen LogP contribution in [0.4, 0.5) is 24.0 Å². The summed E-state index contributed by atoms with van der Waals surface area (Å²) in [4.78, 5) is 24.6. The number of methoxy groups -OCH3 is 1. The summed E-state index contributed by atoms with van der Waals surface area (Å²) in [6, 6.07) is 5.87. The zero-order valence-electron chi connectivity index (χ0n) is 23.9. The molecule has 0 aliphatic carbocycles. The second-order valence-electron chi connectivity index (χ2n) is 11.1. The van der Waals surface area contributed by atoms with Gasteiger partial charge in [-0.1, -0.05) is 17.7 Å². The number of thiophene rings is 1. The first-order valence-corrected chi connectivity index (χ1v) is 15.2. The van der Waals surface area contributed by atoms with E-state index in [1.54, 1.807) is 11.9 Å². The zero-order valence-corrected chi connectivity index (χ0v) is 25.5. The number of nitrogens with two attached hydrogens (primary N) is 1. The highest BCUT2D eigenvalue weighted by Crippen LogP contribution is 2.46. The van der Waals surface area contributed by atoms with Crippen LogP contribution in [0.25, 0.3) is 32.1 Å². The van der Waals surface area contributed by atoms with Gasteiger partial charge in [-0.15, -0.1) is 11.3 Å². The number of ether oxygens (including phenoxy) is 2. The molecule has 2 aromatic carbocycles. The molecule has 0 spiro atoms. The van der Waals surface area contributed by atoms with Crippen LogP contribution in [-0.2, 0) is 9.53 Å². The molecule has 230 valence electrons. The summed E-state index contributed by atoms with van der Waals surface area (Å²) in [5.74, 6) is -1.63. The minimum absolute atomic E-state index is 0.0214. The van der Waals surface area contributed by atoms with E-state index in [1.165, 1.54) is 25.3 Å². The van der Waals surface area contributed by atoms with E-state index in [2.05, 4.69) is 14.9 Å². The lowest BCUT2D eigenvalue weighted by molar-refractivity contribution is -0.140. The maximum atomic E-state index is 16.7. The minimum atomic E-state index is -0.962. The van der Waals surface area contributed by atoms with Gasteiger partial charge in [0.15, 0.2) is 5.82 Å². The Labute approximate surface area is 259 Å². The molecule has 2 atom stereocenters. The number of fused-ring (bicyclic) bond motifs is 3. The van der Waals surface area contributed by atoms with Gasteiger partial charge in [0, 0.05) is 42.9 Å². The fraction of sp³-hybridized carbons (Fsp3) is 0.400. The van der Waals surface area contributed by atoms with Crippen LogP contribution >= 0.6 is 22.9 Å². The molecule has 0 amide bonds. The number of hydrogen-bond acceptors (Lipinski definition) is 10. The number of hydrogen-bond donors (Lipinski definition) is 1. The molecule has 9 nitrogen and oxygen atoms in total. The van der Waals surface area contributed by atoms with E-state index < -0.39 is 29.3 Å². The SMILES string of the molecule is COC(=O)CCN(C)c1nc(OC[C@@]23CCCN2C[C@H](F)C3)nc2c(F)c(-c3ccc(F)c4sc(N)c(C#N)c34)c(Cl)cc12. The van der Waals surface area contributed by atoms with Gasteiger partial charge in [-0.3, -0.25) is 9.69 Å².